The number of rotatable bonds is 6. The highest BCUT2D eigenvalue weighted by Crippen LogP contribution is 2.23. The summed E-state index contributed by atoms with van der Waals surface area (Å²) in [4.78, 5) is 25.0. The Labute approximate surface area is 168 Å². The van der Waals surface area contributed by atoms with Gasteiger partial charge in [0.25, 0.3) is 5.91 Å². The lowest BCUT2D eigenvalue weighted by Gasteiger charge is -2.09. The topological polar surface area (TPSA) is 90.9 Å². The van der Waals surface area contributed by atoms with Gasteiger partial charge in [-0.25, -0.2) is 4.98 Å². The van der Waals surface area contributed by atoms with Crippen molar-refractivity contribution in [2.75, 3.05) is 11.9 Å². The molecule has 0 saturated heterocycles. The van der Waals surface area contributed by atoms with Crippen molar-refractivity contribution in [3.05, 3.63) is 78.0 Å². The normalized spacial score (nSPS) is 12.1. The Hall–Kier alpha value is -3.51. The van der Waals surface area contributed by atoms with Gasteiger partial charge in [-0.1, -0.05) is 31.2 Å². The van der Waals surface area contributed by atoms with Crippen LogP contribution in [0.1, 0.15) is 22.8 Å². The van der Waals surface area contributed by atoms with Crippen LogP contribution in [0.2, 0.25) is 0 Å². The van der Waals surface area contributed by atoms with E-state index in [1.54, 1.807) is 12.3 Å². The second kappa shape index (κ2) is 8.24. The number of H-pyrrole nitrogens is 1. The van der Waals surface area contributed by atoms with Gasteiger partial charge in [-0.3, -0.25) is 9.78 Å². The first-order valence-corrected chi connectivity index (χ1v) is 9.55. The molecule has 29 heavy (non-hydrogen) atoms. The number of aromatic nitrogens is 3. The van der Waals surface area contributed by atoms with Crippen LogP contribution in [0.3, 0.4) is 0 Å². The van der Waals surface area contributed by atoms with E-state index < -0.39 is 0 Å². The first kappa shape index (κ1) is 18.8. The van der Waals surface area contributed by atoms with Crippen molar-refractivity contribution >= 4 is 22.6 Å². The number of nitrogens with zero attached hydrogens (tertiary/aromatic N) is 2. The van der Waals surface area contributed by atoms with Crippen LogP contribution in [-0.4, -0.2) is 32.6 Å². The summed E-state index contributed by atoms with van der Waals surface area (Å²) in [6, 6.07) is 18.8. The number of carbonyl (C=O) groups excluding carboxylic acids is 1. The molecular weight excluding hydrogens is 364 g/mol. The molecule has 6 heteroatoms. The van der Waals surface area contributed by atoms with Gasteiger partial charge in [0, 0.05) is 18.5 Å². The summed E-state index contributed by atoms with van der Waals surface area (Å²) >= 11 is 0. The molecule has 0 spiro atoms. The summed E-state index contributed by atoms with van der Waals surface area (Å²) in [5.41, 5.74) is 4.46. The van der Waals surface area contributed by atoms with Crippen molar-refractivity contribution < 1.29 is 9.90 Å². The zero-order chi connectivity index (χ0) is 20.2. The van der Waals surface area contributed by atoms with E-state index in [0.717, 1.165) is 23.2 Å². The van der Waals surface area contributed by atoms with Crippen LogP contribution in [0, 0.1) is 5.92 Å². The summed E-state index contributed by atoms with van der Waals surface area (Å²) in [6.45, 7) is 2.16. The van der Waals surface area contributed by atoms with Crippen LogP contribution in [-0.2, 0) is 6.42 Å². The monoisotopic (exact) mass is 386 g/mol. The first-order valence-electron chi connectivity index (χ1n) is 9.55. The lowest BCUT2D eigenvalue weighted by molar-refractivity contribution is 0.102. The fourth-order valence-corrected chi connectivity index (χ4v) is 3.23. The van der Waals surface area contributed by atoms with Crippen molar-refractivity contribution in [3.8, 4) is 11.5 Å². The molecule has 2 aromatic heterocycles. The standard InChI is InChI=1S/C23H22N4O2/c1-15(14-28)13-16-8-10-17(11-9-16)25-23(29)18-5-4-7-19-21(18)27-22(26-19)20-6-2-3-12-24-20/h2-12,15,28H,13-14H2,1H3,(H,25,29)(H,26,27). The molecule has 2 aromatic carbocycles. The molecule has 146 valence electrons. The maximum Gasteiger partial charge on any atom is 0.257 e. The number of para-hydroxylation sites is 1. The van der Waals surface area contributed by atoms with E-state index in [-0.39, 0.29) is 18.4 Å². The molecule has 4 rings (SSSR count). The molecule has 4 aromatic rings. The van der Waals surface area contributed by atoms with Crippen molar-refractivity contribution in [3.63, 3.8) is 0 Å². The number of carbonyl (C=O) groups is 1. The first-order chi connectivity index (χ1) is 14.1. The maximum atomic E-state index is 12.9. The van der Waals surface area contributed by atoms with E-state index in [1.807, 2.05) is 61.5 Å². The summed E-state index contributed by atoms with van der Waals surface area (Å²) in [7, 11) is 0. The van der Waals surface area contributed by atoms with Crippen LogP contribution in [0.25, 0.3) is 22.6 Å². The van der Waals surface area contributed by atoms with Gasteiger partial charge in [-0.2, -0.15) is 0 Å². The molecule has 0 aliphatic heterocycles. The van der Waals surface area contributed by atoms with Gasteiger partial charge >= 0.3 is 0 Å². The molecule has 0 fully saturated rings. The van der Waals surface area contributed by atoms with E-state index in [9.17, 15) is 9.90 Å². The van der Waals surface area contributed by atoms with Gasteiger partial charge in [-0.05, 0) is 54.3 Å². The predicted octanol–water partition coefficient (Wildman–Crippen LogP) is 4.05. The third-order valence-corrected chi connectivity index (χ3v) is 4.77. The van der Waals surface area contributed by atoms with Gasteiger partial charge in [0.15, 0.2) is 5.82 Å². The Balaban J connectivity index is 1.56. The van der Waals surface area contributed by atoms with Crippen LogP contribution < -0.4 is 5.32 Å². The number of anilines is 1. The molecule has 1 unspecified atom stereocenters. The molecule has 0 radical (unpaired) electrons. The van der Waals surface area contributed by atoms with Crippen LogP contribution >= 0.6 is 0 Å². The molecule has 0 aliphatic carbocycles. The Morgan fingerprint density at radius 3 is 2.66 bits per heavy atom. The Kier molecular flexibility index (Phi) is 5.35. The average Bonchev–Trinajstić information content (AvgIpc) is 3.20. The van der Waals surface area contributed by atoms with Gasteiger partial charge in [0.2, 0.25) is 0 Å². The van der Waals surface area contributed by atoms with Crippen LogP contribution in [0.15, 0.2) is 66.9 Å². The molecule has 0 saturated carbocycles. The number of nitrogens with one attached hydrogen (secondary N) is 2. The number of pyridine rings is 1. The second-order valence-corrected chi connectivity index (χ2v) is 7.15. The highest BCUT2D eigenvalue weighted by Gasteiger charge is 2.15. The summed E-state index contributed by atoms with van der Waals surface area (Å²) in [5, 5.41) is 12.1. The zero-order valence-electron chi connectivity index (χ0n) is 16.1. The van der Waals surface area contributed by atoms with Gasteiger partial charge in [-0.15, -0.1) is 0 Å². The number of hydrogen-bond donors (Lipinski definition) is 3. The van der Waals surface area contributed by atoms with Gasteiger partial charge in [0.1, 0.15) is 11.2 Å². The van der Waals surface area contributed by atoms with E-state index in [4.69, 9.17) is 0 Å². The fourth-order valence-electron chi connectivity index (χ4n) is 3.23. The van der Waals surface area contributed by atoms with Crippen LogP contribution in [0.4, 0.5) is 5.69 Å². The Bertz CT molecular complexity index is 1120. The van der Waals surface area contributed by atoms with Gasteiger partial charge in [0.05, 0.1) is 11.1 Å². The van der Waals surface area contributed by atoms with Crippen molar-refractivity contribution in [2.24, 2.45) is 5.92 Å². The molecule has 2 heterocycles. The molecule has 3 N–H and O–H groups in total. The minimum atomic E-state index is -0.217. The Morgan fingerprint density at radius 2 is 1.93 bits per heavy atom. The second-order valence-electron chi connectivity index (χ2n) is 7.15. The highest BCUT2D eigenvalue weighted by atomic mass is 16.3. The molecular formula is C23H22N4O2. The average molecular weight is 386 g/mol. The van der Waals surface area contributed by atoms with Crippen molar-refractivity contribution in [1.82, 2.24) is 15.0 Å². The van der Waals surface area contributed by atoms with E-state index >= 15 is 0 Å². The zero-order valence-corrected chi connectivity index (χ0v) is 16.1. The summed E-state index contributed by atoms with van der Waals surface area (Å²) < 4.78 is 0. The number of aliphatic hydroxyl groups excluding tert-OH is 1. The molecule has 6 nitrogen and oxygen atoms in total. The number of benzene rings is 2. The Morgan fingerprint density at radius 1 is 1.10 bits per heavy atom. The molecule has 0 bridgehead atoms. The number of fused-ring (bicyclic) bond motifs is 1. The van der Waals surface area contributed by atoms with E-state index in [0.29, 0.717) is 22.6 Å². The van der Waals surface area contributed by atoms with Gasteiger partial charge < -0.3 is 15.4 Å². The third-order valence-electron chi connectivity index (χ3n) is 4.77. The lowest BCUT2D eigenvalue weighted by atomic mass is 10.0. The number of imidazole rings is 1. The minimum Gasteiger partial charge on any atom is -0.396 e. The number of amides is 1. The molecule has 0 aliphatic rings. The molecule has 1 atom stereocenters. The van der Waals surface area contributed by atoms with Crippen molar-refractivity contribution in [1.29, 1.82) is 0 Å². The summed E-state index contributed by atoms with van der Waals surface area (Å²) in [5.74, 6) is 0.621. The predicted molar refractivity (Wildman–Crippen MR) is 114 cm³/mol. The quantitative estimate of drug-likeness (QED) is 0.466. The fraction of sp³-hybridized carbons (Fsp3) is 0.174. The van der Waals surface area contributed by atoms with Crippen molar-refractivity contribution in [2.45, 2.75) is 13.3 Å². The number of aliphatic hydroxyl groups is 1. The smallest absolute Gasteiger partial charge is 0.257 e. The molecule has 1 amide bonds. The van der Waals surface area contributed by atoms with E-state index in [1.165, 1.54) is 0 Å². The minimum absolute atomic E-state index is 0.159. The largest absolute Gasteiger partial charge is 0.396 e. The lowest BCUT2D eigenvalue weighted by Crippen LogP contribution is -2.12. The maximum absolute atomic E-state index is 12.9. The number of aromatic amines is 1. The third kappa shape index (κ3) is 4.17. The number of hydrogen-bond acceptors (Lipinski definition) is 4. The van der Waals surface area contributed by atoms with E-state index in [2.05, 4.69) is 20.3 Å². The van der Waals surface area contributed by atoms with Crippen LogP contribution in [0.5, 0.6) is 0 Å². The SMILES string of the molecule is CC(CO)Cc1ccc(NC(=O)c2cccc3[nH]c(-c4ccccn4)nc23)cc1. The highest BCUT2D eigenvalue weighted by molar-refractivity contribution is 6.11. The summed E-state index contributed by atoms with van der Waals surface area (Å²) in [6.07, 6.45) is 2.51.